The normalized spacial score (nSPS) is 13.7. The van der Waals surface area contributed by atoms with Crippen LogP contribution in [0.3, 0.4) is 0 Å². The summed E-state index contributed by atoms with van der Waals surface area (Å²) in [6.07, 6.45) is -4.88. The van der Waals surface area contributed by atoms with Crippen LogP contribution in [0.1, 0.15) is 159 Å². The highest BCUT2D eigenvalue weighted by molar-refractivity contribution is 7.90. The fraction of sp³-hybridized carbons (Fsp3) is 0.375. The molecule has 8 aromatic carbocycles. The molecule has 132 heavy (non-hydrogen) atoms. The van der Waals surface area contributed by atoms with Crippen molar-refractivity contribution in [1.29, 1.82) is 0 Å². The minimum Gasteiger partial charge on any atom is -0.497 e. The number of sulfonamides is 4. The summed E-state index contributed by atoms with van der Waals surface area (Å²) < 4.78 is 157. The molecule has 0 aliphatic carbocycles. The Bertz CT molecular complexity index is 5110. The van der Waals surface area contributed by atoms with E-state index in [1.54, 1.807) is 154 Å². The molecule has 0 saturated carbocycles. The molecule has 0 bridgehead atoms. The summed E-state index contributed by atoms with van der Waals surface area (Å²) in [4.78, 5) is 21.3. The molecule has 0 saturated heterocycles. The number of hydrogen-bond donors (Lipinski definition) is 4. The largest absolute Gasteiger partial charge is 0.497 e. The Morgan fingerprint density at radius 2 is 0.348 bits per heavy atom. The Kier molecular flexibility index (Phi) is 38.8. The highest BCUT2D eigenvalue weighted by Crippen LogP contribution is 2.38. The van der Waals surface area contributed by atoms with Crippen LogP contribution in [0, 0.1) is 55.4 Å². The number of nitrogens with zero attached hydrogens (tertiary/aromatic N) is 8. The van der Waals surface area contributed by atoms with Gasteiger partial charge in [-0.2, -0.15) is 17.2 Å². The number of hydrogen-bond acceptors (Lipinski definition) is 28. The molecule has 28 nitrogen and oxygen atoms in total. The number of aromatic nitrogens is 4. The summed E-state index contributed by atoms with van der Waals surface area (Å²) in [5.41, 5.74) is 9.71. The number of ether oxygens (including phenoxy) is 8. The Balaban J connectivity index is 0.000000198. The zero-order valence-corrected chi connectivity index (χ0v) is 84.4. The maximum Gasteiger partial charge on any atom is 0.220 e. The van der Waals surface area contributed by atoms with Gasteiger partial charge < -0.3 is 58.3 Å². The van der Waals surface area contributed by atoms with E-state index in [1.165, 1.54) is 90.3 Å². The minimum absolute atomic E-state index is 0.158. The van der Waals surface area contributed by atoms with Crippen molar-refractivity contribution in [1.82, 2.24) is 37.2 Å². The van der Waals surface area contributed by atoms with Crippen molar-refractivity contribution in [3.8, 4) is 46.0 Å². The molecule has 0 spiro atoms. The number of aliphatic hydroxyl groups is 4. The van der Waals surface area contributed by atoms with Crippen LogP contribution in [0.5, 0.6) is 46.0 Å². The van der Waals surface area contributed by atoms with Crippen LogP contribution in [0.25, 0.3) is 0 Å². The van der Waals surface area contributed by atoms with Crippen LogP contribution < -0.4 is 37.9 Å². The molecular formula is C96H120N8O20S8. The Morgan fingerprint density at radius 1 is 0.235 bits per heavy atom. The maximum atomic E-state index is 13.7. The Morgan fingerprint density at radius 3 is 0.439 bits per heavy atom. The Labute approximate surface area is 793 Å². The predicted octanol–water partition coefficient (Wildman–Crippen LogP) is 16.9. The molecule has 0 unspecified atom stereocenters. The Hall–Kier alpha value is -9.84. The average Bonchev–Trinajstić information content (AvgIpc) is 1.40. The van der Waals surface area contributed by atoms with Crippen LogP contribution in [-0.4, -0.2) is 169 Å². The molecule has 0 radical (unpaired) electrons. The fourth-order valence-corrected chi connectivity index (χ4v) is 24.0. The number of aliphatic hydroxyl groups excluding tert-OH is 4. The van der Waals surface area contributed by atoms with E-state index in [0.717, 1.165) is 86.8 Å². The molecule has 0 aliphatic heterocycles. The second kappa shape index (κ2) is 48.4. The molecule has 0 aliphatic rings. The lowest BCUT2D eigenvalue weighted by atomic mass is 10.2. The van der Waals surface area contributed by atoms with Gasteiger partial charge in [0, 0.05) is 71.9 Å². The molecular weight excluding hydrogens is 1840 g/mol. The van der Waals surface area contributed by atoms with Crippen LogP contribution in [0.4, 0.5) is 0 Å². The summed E-state index contributed by atoms with van der Waals surface area (Å²) in [6.45, 7) is 22.4. The number of thiazole rings is 4. The molecule has 712 valence electrons. The number of benzene rings is 8. The van der Waals surface area contributed by atoms with E-state index in [-0.39, 0.29) is 52.4 Å². The average molecular weight is 1960 g/mol. The van der Waals surface area contributed by atoms with Crippen LogP contribution >= 0.6 is 45.3 Å². The molecule has 12 rings (SSSR count). The van der Waals surface area contributed by atoms with E-state index < -0.39 is 85.5 Å². The van der Waals surface area contributed by atoms with E-state index in [1.807, 2.05) is 152 Å². The smallest absolute Gasteiger partial charge is 0.220 e. The predicted molar refractivity (Wildman–Crippen MR) is 521 cm³/mol. The van der Waals surface area contributed by atoms with Gasteiger partial charge in [0.05, 0.1) is 79.7 Å². The molecule has 0 amide bonds. The molecule has 4 heterocycles. The van der Waals surface area contributed by atoms with Crippen molar-refractivity contribution >= 4 is 85.4 Å². The number of aryl methyl sites for hydroxylation is 8. The fourth-order valence-electron chi connectivity index (χ4n) is 13.3. The first-order chi connectivity index (χ1) is 62.6. The summed E-state index contributed by atoms with van der Waals surface area (Å²) >= 11 is 5.29. The standard InChI is InChI=1S/4C24H30N2O5S2/c4*1-16-17(2)32-24(25-16)23(27)18(3)33(28,29)26(14-19-6-10-21(30-4)11-7-19)15-20-8-12-22(31-5)13-9-20/h4*6-13,18,23,27H,14-15H2,1-5H3/t2*18-,23+;2*18-,23-/m1010/s1. The van der Waals surface area contributed by atoms with Gasteiger partial charge in [-0.3, -0.25) is 0 Å². The zero-order chi connectivity index (χ0) is 96.7. The summed E-state index contributed by atoms with van der Waals surface area (Å²) in [5, 5.41) is 40.9. The monoisotopic (exact) mass is 1960 g/mol. The van der Waals surface area contributed by atoms with Crippen molar-refractivity contribution in [3.05, 3.63) is 301 Å². The molecule has 12 aromatic rings. The van der Waals surface area contributed by atoms with Crippen molar-refractivity contribution in [3.63, 3.8) is 0 Å². The third-order valence-electron chi connectivity index (χ3n) is 22.4. The third kappa shape index (κ3) is 28.2. The van der Waals surface area contributed by atoms with Gasteiger partial charge >= 0.3 is 0 Å². The first-order valence-corrected chi connectivity index (χ1v) is 51.4. The van der Waals surface area contributed by atoms with Crippen molar-refractivity contribution in [2.45, 2.75) is 181 Å². The first-order valence-electron chi connectivity index (χ1n) is 42.1. The summed E-state index contributed by atoms with van der Waals surface area (Å²) in [5.74, 6) is 5.57. The van der Waals surface area contributed by atoms with Gasteiger partial charge in [-0.1, -0.05) is 97.1 Å². The van der Waals surface area contributed by atoms with E-state index in [2.05, 4.69) is 19.9 Å². The van der Waals surface area contributed by atoms with Crippen molar-refractivity contribution in [2.75, 3.05) is 56.9 Å². The van der Waals surface area contributed by atoms with E-state index in [4.69, 9.17) is 37.9 Å². The molecule has 36 heteroatoms. The summed E-state index contributed by atoms with van der Waals surface area (Å²) in [7, 11) is -2.90. The van der Waals surface area contributed by atoms with Crippen LogP contribution in [-0.2, 0) is 92.5 Å². The quantitative estimate of drug-likeness (QED) is 0.0277. The molecule has 0 fully saturated rings. The van der Waals surface area contributed by atoms with Gasteiger partial charge in [0.25, 0.3) is 0 Å². The number of rotatable bonds is 40. The van der Waals surface area contributed by atoms with Crippen molar-refractivity contribution in [2.24, 2.45) is 0 Å². The lowest BCUT2D eigenvalue weighted by molar-refractivity contribution is 0.171. The first kappa shape index (κ1) is 106. The SMILES string of the molecule is COc1ccc(CN(Cc2ccc(OC)cc2)S(=O)(=O)[C@@H](C)[C@@H](O)c2nc(C)c(C)s2)cc1.COc1ccc(CN(Cc2ccc(OC)cc2)S(=O)(=O)[C@@H](C)[C@H](O)c2nc(C)c(C)s2)cc1.COc1ccc(CN(Cc2ccc(OC)cc2)S(=O)(=O)[C@H](C)[C@@H](O)c2nc(C)c(C)s2)cc1.COc1ccc(CN(Cc2ccc(OC)cc2)S(=O)(=O)[C@H](C)[C@H](O)c2nc(C)c(C)s2)cc1. The second-order valence-corrected chi connectivity index (χ2v) is 45.5. The third-order valence-corrected chi connectivity index (χ3v) is 35.7. The maximum absolute atomic E-state index is 13.7. The highest BCUT2D eigenvalue weighted by Gasteiger charge is 2.41. The zero-order valence-electron chi connectivity index (χ0n) is 77.9. The van der Waals surface area contributed by atoms with Gasteiger partial charge in [-0.25, -0.2) is 53.6 Å². The van der Waals surface area contributed by atoms with Gasteiger partial charge in [-0.15, -0.1) is 45.3 Å². The minimum atomic E-state index is -3.89. The molecule has 4 aromatic heterocycles. The van der Waals surface area contributed by atoms with Gasteiger partial charge in [0.15, 0.2) is 0 Å². The summed E-state index contributed by atoms with van der Waals surface area (Å²) in [6, 6.07) is 58.2. The lowest BCUT2D eigenvalue weighted by Gasteiger charge is -2.28. The highest BCUT2D eigenvalue weighted by atomic mass is 32.2. The van der Waals surface area contributed by atoms with Crippen LogP contribution in [0.2, 0.25) is 0 Å². The second-order valence-electron chi connectivity index (χ2n) is 31.4. The van der Waals surface area contributed by atoms with Gasteiger partial charge in [0.1, 0.15) is 111 Å². The molecule has 4 N–H and O–H groups in total. The molecule has 8 atom stereocenters. The van der Waals surface area contributed by atoms with E-state index in [0.29, 0.717) is 66.0 Å². The van der Waals surface area contributed by atoms with Gasteiger partial charge in [0.2, 0.25) is 40.1 Å². The van der Waals surface area contributed by atoms with Crippen LogP contribution in [0.15, 0.2) is 194 Å². The van der Waals surface area contributed by atoms with Gasteiger partial charge in [-0.05, 0) is 225 Å². The van der Waals surface area contributed by atoms with E-state index in [9.17, 15) is 54.1 Å². The lowest BCUT2D eigenvalue weighted by Crippen LogP contribution is -2.39. The van der Waals surface area contributed by atoms with E-state index >= 15 is 0 Å². The topological polar surface area (TPSA) is 356 Å². The number of methoxy groups -OCH3 is 8. The van der Waals surface area contributed by atoms with Crippen molar-refractivity contribution < 1.29 is 92.0 Å².